The van der Waals surface area contributed by atoms with Gasteiger partial charge < -0.3 is 72.6 Å². The number of carbonyl (C=O) groups excluding carboxylic acids is 8. The van der Waals surface area contributed by atoms with Gasteiger partial charge in [-0.15, -0.1) is 0 Å². The summed E-state index contributed by atoms with van der Waals surface area (Å²) in [5, 5.41) is 2.54. The Morgan fingerprint density at radius 2 is 1.07 bits per heavy atom. The van der Waals surface area contributed by atoms with Gasteiger partial charge in [-0.25, -0.2) is 9.59 Å². The largest absolute Gasteiger partial charge is 0.463 e. The summed E-state index contributed by atoms with van der Waals surface area (Å²) in [5.74, 6) is -5.23. The Morgan fingerprint density at radius 1 is 0.567 bits per heavy atom. The zero-order valence-corrected chi connectivity index (χ0v) is 33.8. The van der Waals surface area contributed by atoms with E-state index in [1.165, 1.54) is 0 Å². The van der Waals surface area contributed by atoms with E-state index in [4.69, 9.17) is 67.3 Å². The maximum atomic E-state index is 12.6. The lowest BCUT2D eigenvalue weighted by molar-refractivity contribution is -0.368. The normalized spacial score (nSPS) is 26.0. The summed E-state index contributed by atoms with van der Waals surface area (Å²) >= 11 is 0. The number of amides is 2. The van der Waals surface area contributed by atoms with Gasteiger partial charge in [-0.05, 0) is 5.56 Å². The summed E-state index contributed by atoms with van der Waals surface area (Å²) in [7, 11) is 0. The predicted molar refractivity (Wildman–Crippen MR) is 194 cm³/mol. The number of hydrogen-bond acceptors (Lipinski definition) is 21. The highest BCUT2D eigenvalue weighted by atomic mass is 16.8. The molecular formula is C37H50N2O21. The zero-order chi connectivity index (χ0) is 44.4. The van der Waals surface area contributed by atoms with Gasteiger partial charge in [0.15, 0.2) is 49.2 Å². The lowest BCUT2D eigenvalue weighted by Crippen LogP contribution is -2.67. The molecule has 0 aromatic heterocycles. The number of rotatable bonds is 20. The van der Waals surface area contributed by atoms with Gasteiger partial charge in [0.1, 0.15) is 32.0 Å². The van der Waals surface area contributed by atoms with Gasteiger partial charge in [0.05, 0.1) is 19.8 Å². The van der Waals surface area contributed by atoms with Crippen molar-refractivity contribution in [2.45, 2.75) is 110 Å². The molecule has 1 aromatic rings. The van der Waals surface area contributed by atoms with E-state index in [0.29, 0.717) is 0 Å². The lowest BCUT2D eigenvalue weighted by atomic mass is 9.96. The van der Waals surface area contributed by atoms with Crippen molar-refractivity contribution < 1.29 is 99.9 Å². The van der Waals surface area contributed by atoms with Crippen molar-refractivity contribution >= 4 is 48.0 Å². The summed E-state index contributed by atoms with van der Waals surface area (Å²) in [6.45, 7) is 4.79. The Hall–Kier alpha value is -5.62. The molecule has 10 atom stereocenters. The standard InChI is InChI=1S/C37H50N2O21/c1-19(40)50-17-26-28(53-21(3)42)30(55-23(5)44)32(34(57-26)49-15-14-48-13-12-39-37(47)52-16-25-10-8-7-9-11-25)59-35-33(56-24(6)45)31(60-36(38)46)29(54-22(4)43)27(58-35)18-51-20(2)41/h7-11,26-35H,12-18H2,1-6H3,(H2,38,46)(H,39,47)/t26-,27+,28+,29+,30-,31-,32-,33?,34+,35?/m0/s1. The number of esters is 6. The Morgan fingerprint density at radius 3 is 1.58 bits per heavy atom. The average Bonchev–Trinajstić information content (AvgIpc) is 3.15. The van der Waals surface area contributed by atoms with Crippen molar-refractivity contribution in [3.63, 3.8) is 0 Å². The number of hydrogen-bond donors (Lipinski definition) is 2. The highest BCUT2D eigenvalue weighted by molar-refractivity contribution is 5.69. The molecule has 2 saturated heterocycles. The highest BCUT2D eigenvalue weighted by Crippen LogP contribution is 2.35. The molecular weight excluding hydrogens is 808 g/mol. The van der Waals surface area contributed by atoms with Crippen LogP contribution in [0.1, 0.15) is 47.1 Å². The smallest absolute Gasteiger partial charge is 0.407 e. The van der Waals surface area contributed by atoms with Crippen molar-refractivity contribution in [1.82, 2.24) is 5.32 Å². The van der Waals surface area contributed by atoms with E-state index in [0.717, 1.165) is 47.1 Å². The summed E-state index contributed by atoms with van der Waals surface area (Å²) in [6.07, 6.45) is -18.6. The summed E-state index contributed by atoms with van der Waals surface area (Å²) < 4.78 is 72.6. The molecule has 23 nitrogen and oxygen atoms in total. The van der Waals surface area contributed by atoms with E-state index in [2.05, 4.69) is 5.32 Å². The maximum Gasteiger partial charge on any atom is 0.407 e. The molecule has 334 valence electrons. The topological polar surface area (TPSA) is 295 Å². The van der Waals surface area contributed by atoms with E-state index >= 15 is 0 Å². The summed E-state index contributed by atoms with van der Waals surface area (Å²) in [5.41, 5.74) is 6.15. The quantitative estimate of drug-likeness (QED) is 0.0998. The molecule has 2 unspecified atom stereocenters. The van der Waals surface area contributed by atoms with Crippen LogP contribution < -0.4 is 11.1 Å². The van der Waals surface area contributed by atoms with Crippen LogP contribution in [0.15, 0.2) is 30.3 Å². The van der Waals surface area contributed by atoms with Gasteiger partial charge in [-0.3, -0.25) is 28.8 Å². The molecule has 0 radical (unpaired) electrons. The van der Waals surface area contributed by atoms with Crippen LogP contribution in [-0.4, -0.2) is 149 Å². The van der Waals surface area contributed by atoms with Gasteiger partial charge in [0, 0.05) is 48.1 Å². The Balaban J connectivity index is 1.93. The van der Waals surface area contributed by atoms with Crippen molar-refractivity contribution in [3.8, 4) is 0 Å². The Labute approximate surface area is 343 Å². The first kappa shape index (κ1) is 48.7. The number of alkyl carbamates (subject to hydrolysis) is 1. The number of benzene rings is 1. The van der Waals surface area contributed by atoms with Gasteiger partial charge >= 0.3 is 48.0 Å². The van der Waals surface area contributed by atoms with Crippen molar-refractivity contribution in [2.75, 3.05) is 39.6 Å². The third kappa shape index (κ3) is 16.6. The van der Waals surface area contributed by atoms with Gasteiger partial charge in [0.25, 0.3) is 0 Å². The Kier molecular flexibility index (Phi) is 19.9. The minimum absolute atomic E-state index is 0.00335. The molecule has 3 rings (SSSR count). The van der Waals surface area contributed by atoms with Crippen LogP contribution in [0.5, 0.6) is 0 Å². The van der Waals surface area contributed by atoms with E-state index in [1.54, 1.807) is 24.3 Å². The monoisotopic (exact) mass is 858 g/mol. The van der Waals surface area contributed by atoms with Crippen LogP contribution in [0.3, 0.4) is 0 Å². The molecule has 1 aromatic carbocycles. The third-order valence-corrected chi connectivity index (χ3v) is 8.07. The fraction of sp³-hybridized carbons (Fsp3) is 0.622. The predicted octanol–water partition coefficient (Wildman–Crippen LogP) is 0.0979. The molecule has 23 heteroatoms. The number of nitrogens with one attached hydrogen (secondary N) is 1. The lowest BCUT2D eigenvalue weighted by Gasteiger charge is -2.48. The van der Waals surface area contributed by atoms with Gasteiger partial charge in [0.2, 0.25) is 0 Å². The molecule has 0 aliphatic carbocycles. The van der Waals surface area contributed by atoms with Crippen molar-refractivity contribution in [2.24, 2.45) is 5.73 Å². The number of primary amides is 1. The molecule has 60 heavy (non-hydrogen) atoms. The molecule has 3 N–H and O–H groups in total. The fourth-order valence-corrected chi connectivity index (χ4v) is 5.87. The van der Waals surface area contributed by atoms with Crippen LogP contribution in [0, 0.1) is 0 Å². The molecule has 2 aliphatic heterocycles. The highest BCUT2D eigenvalue weighted by Gasteiger charge is 2.57. The van der Waals surface area contributed by atoms with E-state index in [9.17, 15) is 38.4 Å². The van der Waals surface area contributed by atoms with Crippen LogP contribution in [0.2, 0.25) is 0 Å². The van der Waals surface area contributed by atoms with Crippen LogP contribution >= 0.6 is 0 Å². The summed E-state index contributed by atoms with van der Waals surface area (Å²) in [4.78, 5) is 97.6. The van der Waals surface area contributed by atoms with Crippen molar-refractivity contribution in [1.29, 1.82) is 0 Å². The fourth-order valence-electron chi connectivity index (χ4n) is 5.87. The number of nitrogens with two attached hydrogens (primary N) is 1. The SMILES string of the molecule is CC(=O)OC[C@@H]1O[C@@H](OCCOCCNC(=O)OCc2ccccc2)[C@@H](OC2O[C@H](COC(C)=O)[C@@H](OC(C)=O)[C@H](OC(N)=O)C2OC(C)=O)[C@@H](OC(C)=O)[C@@H]1OC(C)=O. The minimum atomic E-state index is -1.89. The van der Waals surface area contributed by atoms with Crippen LogP contribution in [-0.2, 0) is 97.0 Å². The second kappa shape index (κ2) is 24.5. The average molecular weight is 859 g/mol. The second-order valence-corrected chi connectivity index (χ2v) is 13.0. The second-order valence-electron chi connectivity index (χ2n) is 13.0. The first-order valence-corrected chi connectivity index (χ1v) is 18.5. The zero-order valence-electron chi connectivity index (χ0n) is 33.8. The molecule has 0 spiro atoms. The van der Waals surface area contributed by atoms with Crippen LogP contribution in [0.4, 0.5) is 9.59 Å². The van der Waals surface area contributed by atoms with Crippen molar-refractivity contribution in [3.05, 3.63) is 35.9 Å². The first-order valence-electron chi connectivity index (χ1n) is 18.5. The molecule has 2 aliphatic rings. The molecule has 2 heterocycles. The summed E-state index contributed by atoms with van der Waals surface area (Å²) in [6, 6.07) is 9.03. The minimum Gasteiger partial charge on any atom is -0.463 e. The maximum absolute atomic E-state index is 12.6. The van der Waals surface area contributed by atoms with Gasteiger partial charge in [-0.2, -0.15) is 0 Å². The van der Waals surface area contributed by atoms with E-state index in [-0.39, 0.29) is 33.0 Å². The number of ether oxygens (including phenoxy) is 13. The third-order valence-electron chi connectivity index (χ3n) is 8.07. The molecule has 2 amide bonds. The Bertz CT molecular complexity index is 1630. The molecule has 2 fully saturated rings. The number of carbonyl (C=O) groups is 8. The van der Waals surface area contributed by atoms with Crippen LogP contribution in [0.25, 0.3) is 0 Å². The molecule has 0 saturated carbocycles. The van der Waals surface area contributed by atoms with E-state index < -0.39 is 123 Å². The molecule has 0 bridgehead atoms. The van der Waals surface area contributed by atoms with E-state index in [1.807, 2.05) is 6.07 Å². The first-order chi connectivity index (χ1) is 28.4. The van der Waals surface area contributed by atoms with Gasteiger partial charge in [-0.1, -0.05) is 30.3 Å².